The minimum absolute atomic E-state index is 0.173. The van der Waals surface area contributed by atoms with E-state index in [2.05, 4.69) is 20.6 Å². The van der Waals surface area contributed by atoms with E-state index >= 15 is 0 Å². The number of aliphatic hydroxyl groups is 1. The molecule has 23 heavy (non-hydrogen) atoms. The number of rotatable bonds is 7. The average Bonchev–Trinajstić information content (AvgIpc) is 2.79. The van der Waals surface area contributed by atoms with Gasteiger partial charge in [-0.25, -0.2) is 4.68 Å². The summed E-state index contributed by atoms with van der Waals surface area (Å²) in [6.45, 7) is 10.7. The molecule has 0 aromatic carbocycles. The van der Waals surface area contributed by atoms with Crippen molar-refractivity contribution in [1.29, 1.82) is 0 Å². The van der Waals surface area contributed by atoms with E-state index in [9.17, 15) is 5.11 Å². The molecule has 126 valence electrons. The van der Waals surface area contributed by atoms with Crippen LogP contribution in [0.2, 0.25) is 0 Å². The quantitative estimate of drug-likeness (QED) is 0.801. The number of aliphatic hydroxyl groups excluding tert-OH is 1. The minimum Gasteiger partial charge on any atom is -0.474 e. The molecule has 0 aliphatic heterocycles. The highest BCUT2D eigenvalue weighted by Crippen LogP contribution is 2.16. The second-order valence-electron chi connectivity index (χ2n) is 5.97. The normalized spacial score (nSPS) is 12.7. The second-order valence-corrected chi connectivity index (χ2v) is 5.97. The van der Waals surface area contributed by atoms with Gasteiger partial charge in [0.1, 0.15) is 12.7 Å². The Kier molecular flexibility index (Phi) is 5.68. The summed E-state index contributed by atoms with van der Waals surface area (Å²) in [7, 11) is 0. The molecule has 0 amide bonds. The van der Waals surface area contributed by atoms with E-state index in [1.54, 1.807) is 16.8 Å². The first-order valence-corrected chi connectivity index (χ1v) is 7.79. The lowest BCUT2D eigenvalue weighted by molar-refractivity contribution is 0.101. The lowest BCUT2D eigenvalue weighted by atomic mass is 10.2. The molecule has 0 aliphatic carbocycles. The zero-order chi connectivity index (χ0) is 17.0. The highest BCUT2D eigenvalue weighted by molar-refractivity contribution is 5.31. The van der Waals surface area contributed by atoms with E-state index in [1.165, 1.54) is 0 Å². The first-order valence-electron chi connectivity index (χ1n) is 7.79. The molecule has 7 heteroatoms. The van der Waals surface area contributed by atoms with Crippen LogP contribution < -0.4 is 10.1 Å². The summed E-state index contributed by atoms with van der Waals surface area (Å²) in [5, 5.41) is 25.6. The SMILES string of the molecule is Cc1nn(-c2ccc(OCC(O)CNC(C)C)nn2)c(C)c1C. The Labute approximate surface area is 136 Å². The fourth-order valence-corrected chi connectivity index (χ4v) is 2.06. The molecule has 0 spiro atoms. The van der Waals surface area contributed by atoms with E-state index in [1.807, 2.05) is 34.6 Å². The lowest BCUT2D eigenvalue weighted by Gasteiger charge is -2.14. The lowest BCUT2D eigenvalue weighted by Crippen LogP contribution is -2.35. The van der Waals surface area contributed by atoms with Gasteiger partial charge in [0.05, 0.1) is 5.69 Å². The zero-order valence-corrected chi connectivity index (χ0v) is 14.4. The fraction of sp³-hybridized carbons (Fsp3) is 0.562. The van der Waals surface area contributed by atoms with Crippen LogP contribution in [0.25, 0.3) is 5.82 Å². The van der Waals surface area contributed by atoms with Crippen molar-refractivity contribution in [2.75, 3.05) is 13.2 Å². The van der Waals surface area contributed by atoms with E-state index < -0.39 is 6.10 Å². The smallest absolute Gasteiger partial charge is 0.233 e. The third-order valence-corrected chi connectivity index (χ3v) is 3.68. The molecule has 0 bridgehead atoms. The highest BCUT2D eigenvalue weighted by Gasteiger charge is 2.11. The Morgan fingerprint density at radius 1 is 1.22 bits per heavy atom. The summed E-state index contributed by atoms with van der Waals surface area (Å²) >= 11 is 0. The van der Waals surface area contributed by atoms with Crippen molar-refractivity contribution in [2.45, 2.75) is 46.8 Å². The number of aryl methyl sites for hydroxylation is 1. The van der Waals surface area contributed by atoms with Crippen molar-refractivity contribution < 1.29 is 9.84 Å². The third kappa shape index (κ3) is 4.49. The Balaban J connectivity index is 1.96. The number of ether oxygens (including phenoxy) is 1. The number of nitrogens with zero attached hydrogens (tertiary/aromatic N) is 4. The molecule has 2 aromatic rings. The Bertz CT molecular complexity index is 637. The summed E-state index contributed by atoms with van der Waals surface area (Å²) in [5.74, 6) is 1.03. The standard InChI is InChI=1S/C16H25N5O2/c1-10(2)17-8-14(22)9-23-16-7-6-15(18-19-16)21-13(5)11(3)12(4)20-21/h6-7,10,14,17,22H,8-9H2,1-5H3. The van der Waals surface area contributed by atoms with Crippen LogP contribution in [0.1, 0.15) is 30.8 Å². The van der Waals surface area contributed by atoms with Gasteiger partial charge in [-0.2, -0.15) is 5.10 Å². The number of nitrogens with one attached hydrogen (secondary N) is 1. The van der Waals surface area contributed by atoms with Crippen molar-refractivity contribution in [2.24, 2.45) is 0 Å². The summed E-state index contributed by atoms with van der Waals surface area (Å²) < 4.78 is 7.22. The van der Waals surface area contributed by atoms with Crippen molar-refractivity contribution >= 4 is 0 Å². The Morgan fingerprint density at radius 2 is 1.96 bits per heavy atom. The average molecular weight is 319 g/mol. The van der Waals surface area contributed by atoms with Gasteiger partial charge in [-0.05, 0) is 32.4 Å². The van der Waals surface area contributed by atoms with Gasteiger partial charge < -0.3 is 15.2 Å². The molecule has 7 nitrogen and oxygen atoms in total. The molecular formula is C16H25N5O2. The molecule has 0 saturated carbocycles. The molecule has 2 N–H and O–H groups in total. The topological polar surface area (TPSA) is 85.1 Å². The van der Waals surface area contributed by atoms with Crippen LogP contribution >= 0.6 is 0 Å². The van der Waals surface area contributed by atoms with Gasteiger partial charge in [0.15, 0.2) is 5.82 Å². The van der Waals surface area contributed by atoms with Crippen molar-refractivity contribution in [1.82, 2.24) is 25.3 Å². The van der Waals surface area contributed by atoms with Gasteiger partial charge in [-0.15, -0.1) is 10.2 Å². The van der Waals surface area contributed by atoms with Crippen LogP contribution in [0, 0.1) is 20.8 Å². The molecule has 2 heterocycles. The van der Waals surface area contributed by atoms with Crippen LogP contribution in [0.4, 0.5) is 0 Å². The Morgan fingerprint density at radius 3 is 2.48 bits per heavy atom. The fourth-order valence-electron chi connectivity index (χ4n) is 2.06. The third-order valence-electron chi connectivity index (χ3n) is 3.68. The largest absolute Gasteiger partial charge is 0.474 e. The van der Waals surface area contributed by atoms with Crippen molar-refractivity contribution in [3.8, 4) is 11.7 Å². The van der Waals surface area contributed by atoms with Gasteiger partial charge in [-0.3, -0.25) is 0 Å². The predicted octanol–water partition coefficient (Wildman–Crippen LogP) is 1.33. The summed E-state index contributed by atoms with van der Waals surface area (Å²) in [4.78, 5) is 0. The van der Waals surface area contributed by atoms with Crippen LogP contribution in [0.3, 0.4) is 0 Å². The first kappa shape index (κ1) is 17.4. The molecular weight excluding hydrogens is 294 g/mol. The zero-order valence-electron chi connectivity index (χ0n) is 14.4. The van der Waals surface area contributed by atoms with Crippen molar-refractivity contribution in [3.05, 3.63) is 29.1 Å². The maximum atomic E-state index is 9.81. The maximum Gasteiger partial charge on any atom is 0.233 e. The van der Waals surface area contributed by atoms with E-state index in [0.717, 1.165) is 17.0 Å². The first-order chi connectivity index (χ1) is 10.9. The van der Waals surface area contributed by atoms with Gasteiger partial charge in [0.2, 0.25) is 5.88 Å². The molecule has 2 rings (SSSR count). The van der Waals surface area contributed by atoms with Gasteiger partial charge in [0, 0.05) is 24.3 Å². The van der Waals surface area contributed by atoms with Crippen LogP contribution in [-0.2, 0) is 0 Å². The molecule has 0 saturated heterocycles. The molecule has 0 fully saturated rings. The monoisotopic (exact) mass is 319 g/mol. The number of hydrogen-bond donors (Lipinski definition) is 2. The molecule has 1 atom stereocenters. The highest BCUT2D eigenvalue weighted by atomic mass is 16.5. The summed E-state index contributed by atoms with van der Waals surface area (Å²) in [5.41, 5.74) is 3.17. The summed E-state index contributed by atoms with van der Waals surface area (Å²) in [6, 6.07) is 3.87. The summed E-state index contributed by atoms with van der Waals surface area (Å²) in [6.07, 6.45) is -0.586. The number of hydrogen-bond acceptors (Lipinski definition) is 6. The van der Waals surface area contributed by atoms with Crippen LogP contribution in [0.5, 0.6) is 5.88 Å². The van der Waals surface area contributed by atoms with Crippen LogP contribution in [-0.4, -0.2) is 50.4 Å². The molecule has 0 radical (unpaired) electrons. The maximum absolute atomic E-state index is 9.81. The van der Waals surface area contributed by atoms with Gasteiger partial charge in [0.25, 0.3) is 0 Å². The molecule has 0 aliphatic rings. The molecule has 1 unspecified atom stereocenters. The second kappa shape index (κ2) is 7.52. The molecule has 2 aromatic heterocycles. The Hall–Kier alpha value is -1.99. The van der Waals surface area contributed by atoms with Crippen molar-refractivity contribution in [3.63, 3.8) is 0 Å². The minimum atomic E-state index is -0.586. The number of aromatic nitrogens is 4. The van der Waals surface area contributed by atoms with Gasteiger partial charge >= 0.3 is 0 Å². The predicted molar refractivity (Wildman–Crippen MR) is 88.0 cm³/mol. The van der Waals surface area contributed by atoms with E-state index in [4.69, 9.17) is 4.74 Å². The van der Waals surface area contributed by atoms with E-state index in [-0.39, 0.29) is 6.61 Å². The van der Waals surface area contributed by atoms with E-state index in [0.29, 0.717) is 24.3 Å². The van der Waals surface area contributed by atoms with Gasteiger partial charge in [-0.1, -0.05) is 13.8 Å². The van der Waals surface area contributed by atoms with Crippen LogP contribution in [0.15, 0.2) is 12.1 Å².